The molecule has 2 rings (SSSR count). The molecule has 0 aliphatic rings. The van der Waals surface area contributed by atoms with E-state index >= 15 is 0 Å². The molecule has 7 nitrogen and oxygen atoms in total. The van der Waals surface area contributed by atoms with E-state index in [4.69, 9.17) is 9.15 Å². The first-order valence-electron chi connectivity index (χ1n) is 5.83. The monoisotopic (exact) mass is 298 g/mol. The molecule has 2 aromatic rings. The molecule has 0 spiro atoms. The van der Waals surface area contributed by atoms with Gasteiger partial charge in [-0.3, -0.25) is 0 Å². The van der Waals surface area contributed by atoms with Gasteiger partial charge in [-0.2, -0.15) is 0 Å². The Morgan fingerprint density at radius 1 is 1.40 bits per heavy atom. The predicted molar refractivity (Wildman–Crippen MR) is 65.7 cm³/mol. The summed E-state index contributed by atoms with van der Waals surface area (Å²) < 4.78 is 23.7. The van der Waals surface area contributed by atoms with Crippen LogP contribution in [-0.2, 0) is 11.2 Å². The van der Waals surface area contributed by atoms with Gasteiger partial charge in [-0.25, -0.2) is 19.2 Å². The normalized spacial score (nSPS) is 10.6. The van der Waals surface area contributed by atoms with Gasteiger partial charge in [0.1, 0.15) is 11.4 Å². The van der Waals surface area contributed by atoms with Crippen LogP contribution in [0.15, 0.2) is 21.0 Å². The SMILES string of the molecule is CCOC(=O)c1nnc(Sc2ncnc(CC)c2F)o1. The molecule has 0 N–H and O–H groups in total. The first-order chi connectivity index (χ1) is 9.65. The predicted octanol–water partition coefficient (Wildman–Crippen LogP) is 1.89. The van der Waals surface area contributed by atoms with Crippen LogP contribution in [0.1, 0.15) is 30.2 Å². The number of halogens is 1. The molecule has 0 bridgehead atoms. The maximum absolute atomic E-state index is 13.9. The average Bonchev–Trinajstić information content (AvgIpc) is 2.90. The van der Waals surface area contributed by atoms with E-state index < -0.39 is 11.8 Å². The van der Waals surface area contributed by atoms with Crippen molar-refractivity contribution in [1.29, 1.82) is 0 Å². The molecule has 0 radical (unpaired) electrons. The number of hydrogen-bond acceptors (Lipinski definition) is 8. The largest absolute Gasteiger partial charge is 0.459 e. The van der Waals surface area contributed by atoms with E-state index in [1.54, 1.807) is 13.8 Å². The van der Waals surface area contributed by atoms with Gasteiger partial charge in [-0.05, 0) is 25.1 Å². The van der Waals surface area contributed by atoms with E-state index in [2.05, 4.69) is 20.2 Å². The quantitative estimate of drug-likeness (QED) is 0.610. The van der Waals surface area contributed by atoms with Crippen LogP contribution < -0.4 is 0 Å². The van der Waals surface area contributed by atoms with Crippen LogP contribution in [0.25, 0.3) is 0 Å². The Kier molecular flexibility index (Phi) is 4.61. The zero-order chi connectivity index (χ0) is 14.5. The zero-order valence-corrected chi connectivity index (χ0v) is 11.6. The number of ether oxygens (including phenoxy) is 1. The van der Waals surface area contributed by atoms with Crippen LogP contribution in [0.2, 0.25) is 0 Å². The molecule has 2 aromatic heterocycles. The summed E-state index contributed by atoms with van der Waals surface area (Å²) in [6.45, 7) is 3.64. The molecule has 2 heterocycles. The van der Waals surface area contributed by atoms with Crippen molar-refractivity contribution in [3.05, 3.63) is 23.7 Å². The van der Waals surface area contributed by atoms with E-state index in [9.17, 15) is 9.18 Å². The fourth-order valence-corrected chi connectivity index (χ4v) is 1.99. The summed E-state index contributed by atoms with van der Waals surface area (Å²) in [7, 11) is 0. The number of carbonyl (C=O) groups excluding carboxylic acids is 1. The number of hydrogen-bond donors (Lipinski definition) is 0. The smallest absolute Gasteiger partial charge is 0.396 e. The summed E-state index contributed by atoms with van der Waals surface area (Å²) >= 11 is 0.826. The summed E-state index contributed by atoms with van der Waals surface area (Å²) in [5.41, 5.74) is 0.299. The Labute approximate surface area is 118 Å². The van der Waals surface area contributed by atoms with Gasteiger partial charge >= 0.3 is 11.9 Å². The first-order valence-corrected chi connectivity index (χ1v) is 6.65. The minimum atomic E-state index is -0.718. The van der Waals surface area contributed by atoms with Crippen LogP contribution in [0.5, 0.6) is 0 Å². The standard InChI is InChI=1S/C11H11FN4O3S/c1-3-6-7(12)9(14-5-13-6)20-11-16-15-8(19-11)10(17)18-4-2/h5H,3-4H2,1-2H3. The average molecular weight is 298 g/mol. The lowest BCUT2D eigenvalue weighted by atomic mass is 10.3. The molecule has 0 saturated heterocycles. The summed E-state index contributed by atoms with van der Waals surface area (Å²) in [6, 6.07) is 0. The van der Waals surface area contributed by atoms with Gasteiger partial charge in [0.25, 0.3) is 5.22 Å². The molecule has 106 valence electrons. The van der Waals surface area contributed by atoms with Crippen molar-refractivity contribution in [2.24, 2.45) is 0 Å². The number of esters is 1. The highest BCUT2D eigenvalue weighted by Crippen LogP contribution is 2.27. The topological polar surface area (TPSA) is 91.0 Å². The Bertz CT molecular complexity index is 619. The number of nitrogens with zero attached hydrogens (tertiary/aromatic N) is 4. The molecular weight excluding hydrogens is 287 g/mol. The molecule has 0 fully saturated rings. The highest BCUT2D eigenvalue weighted by atomic mass is 32.2. The molecule has 0 saturated carbocycles. The third-order valence-corrected chi connectivity index (χ3v) is 3.02. The van der Waals surface area contributed by atoms with Crippen LogP contribution in [0.4, 0.5) is 4.39 Å². The van der Waals surface area contributed by atoms with Crippen molar-refractivity contribution in [3.8, 4) is 0 Å². The highest BCUT2D eigenvalue weighted by molar-refractivity contribution is 7.99. The molecule has 0 atom stereocenters. The third kappa shape index (κ3) is 3.10. The minimum Gasteiger partial charge on any atom is -0.459 e. The second kappa shape index (κ2) is 6.42. The molecular formula is C11H11FN4O3S. The van der Waals surface area contributed by atoms with E-state index in [1.165, 1.54) is 6.33 Å². The fraction of sp³-hybridized carbons (Fsp3) is 0.364. The zero-order valence-electron chi connectivity index (χ0n) is 10.8. The second-order valence-corrected chi connectivity index (χ2v) is 4.43. The van der Waals surface area contributed by atoms with Crippen molar-refractivity contribution in [2.45, 2.75) is 30.5 Å². The summed E-state index contributed by atoms with van der Waals surface area (Å²) in [5, 5.41) is 7.23. The Morgan fingerprint density at radius 3 is 2.90 bits per heavy atom. The molecule has 0 aromatic carbocycles. The van der Waals surface area contributed by atoms with E-state index in [-0.39, 0.29) is 22.7 Å². The number of aromatic nitrogens is 4. The van der Waals surface area contributed by atoms with Gasteiger partial charge in [0.15, 0.2) is 5.82 Å². The van der Waals surface area contributed by atoms with Gasteiger partial charge in [-0.15, -0.1) is 5.10 Å². The van der Waals surface area contributed by atoms with Gasteiger partial charge < -0.3 is 9.15 Å². The van der Waals surface area contributed by atoms with Gasteiger partial charge in [-0.1, -0.05) is 12.0 Å². The Balaban J connectivity index is 2.17. The molecule has 20 heavy (non-hydrogen) atoms. The van der Waals surface area contributed by atoms with E-state index in [1.807, 2.05) is 0 Å². The summed E-state index contributed by atoms with van der Waals surface area (Å²) in [6.07, 6.45) is 1.70. The summed E-state index contributed by atoms with van der Waals surface area (Å²) in [4.78, 5) is 19.0. The van der Waals surface area contributed by atoms with Crippen LogP contribution in [0, 0.1) is 5.82 Å². The van der Waals surface area contributed by atoms with Crippen molar-refractivity contribution in [3.63, 3.8) is 0 Å². The second-order valence-electron chi connectivity index (χ2n) is 3.49. The lowest BCUT2D eigenvalue weighted by molar-refractivity contribution is 0.0475. The third-order valence-electron chi connectivity index (χ3n) is 2.21. The molecule has 0 aliphatic carbocycles. The van der Waals surface area contributed by atoms with E-state index in [0.717, 1.165) is 11.8 Å². The lowest BCUT2D eigenvalue weighted by Crippen LogP contribution is -2.04. The highest BCUT2D eigenvalue weighted by Gasteiger charge is 2.19. The molecule has 0 aliphatic heterocycles. The molecule has 0 unspecified atom stereocenters. The van der Waals surface area contributed by atoms with Crippen molar-refractivity contribution in [2.75, 3.05) is 6.61 Å². The van der Waals surface area contributed by atoms with Gasteiger partial charge in [0.05, 0.1) is 12.3 Å². The number of carbonyl (C=O) groups is 1. The Morgan fingerprint density at radius 2 is 2.20 bits per heavy atom. The summed E-state index contributed by atoms with van der Waals surface area (Å²) in [5.74, 6) is -1.53. The number of rotatable bonds is 5. The number of aryl methyl sites for hydroxylation is 1. The van der Waals surface area contributed by atoms with Crippen molar-refractivity contribution < 1.29 is 18.3 Å². The molecule has 9 heteroatoms. The molecule has 0 amide bonds. The van der Waals surface area contributed by atoms with Crippen molar-refractivity contribution in [1.82, 2.24) is 20.2 Å². The minimum absolute atomic E-state index is 0.00714. The maximum atomic E-state index is 13.9. The van der Waals surface area contributed by atoms with Crippen LogP contribution >= 0.6 is 11.8 Å². The van der Waals surface area contributed by atoms with Gasteiger partial charge in [0, 0.05) is 0 Å². The maximum Gasteiger partial charge on any atom is 0.396 e. The fourth-order valence-electron chi connectivity index (χ4n) is 1.31. The van der Waals surface area contributed by atoms with Crippen LogP contribution in [0.3, 0.4) is 0 Å². The van der Waals surface area contributed by atoms with Crippen LogP contribution in [-0.4, -0.2) is 32.7 Å². The lowest BCUT2D eigenvalue weighted by Gasteiger charge is -2.01. The van der Waals surface area contributed by atoms with Crippen molar-refractivity contribution >= 4 is 17.7 Å². The van der Waals surface area contributed by atoms with E-state index in [0.29, 0.717) is 12.1 Å². The van der Waals surface area contributed by atoms with Gasteiger partial charge in [0.2, 0.25) is 0 Å². The Hall–Kier alpha value is -2.03. The first kappa shape index (κ1) is 14.4.